The Labute approximate surface area is 105 Å². The minimum Gasteiger partial charge on any atom is -0.392 e. The molecule has 2 aliphatic rings. The maximum absolute atomic E-state index is 13.1. The van der Waals surface area contributed by atoms with E-state index in [1.807, 2.05) is 0 Å². The van der Waals surface area contributed by atoms with Crippen LogP contribution in [0, 0.1) is 5.92 Å². The van der Waals surface area contributed by atoms with Gasteiger partial charge < -0.3 is 9.84 Å². The molecule has 3 atom stereocenters. The second-order valence-electron chi connectivity index (χ2n) is 5.38. The Hall–Kier alpha value is -0.330. The summed E-state index contributed by atoms with van der Waals surface area (Å²) in [6.07, 6.45) is -2.79. The quantitative estimate of drug-likeness (QED) is 0.824. The lowest BCUT2D eigenvalue weighted by molar-refractivity contribution is -0.208. The summed E-state index contributed by atoms with van der Waals surface area (Å²) >= 11 is 0. The Balaban J connectivity index is 1.97. The zero-order chi connectivity index (χ0) is 13.3. The maximum Gasteiger partial charge on any atom is 0.406 e. The van der Waals surface area contributed by atoms with Crippen molar-refractivity contribution >= 4 is 0 Å². The van der Waals surface area contributed by atoms with Crippen LogP contribution in [0.15, 0.2) is 0 Å². The second kappa shape index (κ2) is 5.35. The fourth-order valence-electron chi connectivity index (χ4n) is 2.63. The van der Waals surface area contributed by atoms with Gasteiger partial charge >= 0.3 is 6.18 Å². The van der Waals surface area contributed by atoms with E-state index in [4.69, 9.17) is 4.74 Å². The molecule has 2 fully saturated rings. The van der Waals surface area contributed by atoms with Crippen LogP contribution in [0.5, 0.6) is 0 Å². The van der Waals surface area contributed by atoms with E-state index in [1.165, 1.54) is 11.9 Å². The average Bonchev–Trinajstić information content (AvgIpc) is 2.96. The highest BCUT2D eigenvalue weighted by Gasteiger charge is 2.49. The van der Waals surface area contributed by atoms with Gasteiger partial charge in [0.25, 0.3) is 0 Å². The number of ether oxygens (including phenoxy) is 1. The normalized spacial score (nSPS) is 28.7. The summed E-state index contributed by atoms with van der Waals surface area (Å²) in [5.41, 5.74) is 0. The third kappa shape index (κ3) is 3.36. The lowest BCUT2D eigenvalue weighted by Gasteiger charge is -2.34. The molecule has 3 nitrogen and oxygen atoms in total. The Morgan fingerprint density at radius 3 is 2.44 bits per heavy atom. The van der Waals surface area contributed by atoms with Gasteiger partial charge in [-0.05, 0) is 38.6 Å². The molecule has 1 saturated carbocycles. The van der Waals surface area contributed by atoms with Crippen molar-refractivity contribution in [3.05, 3.63) is 0 Å². The number of halogens is 3. The third-order valence-electron chi connectivity index (χ3n) is 3.77. The van der Waals surface area contributed by atoms with E-state index in [0.29, 0.717) is 19.4 Å². The number of nitrogens with zero attached hydrogens (tertiary/aromatic N) is 1. The molecule has 1 N–H and O–H groups in total. The number of hydrogen-bond donors (Lipinski definition) is 1. The zero-order valence-electron chi connectivity index (χ0n) is 10.5. The summed E-state index contributed by atoms with van der Waals surface area (Å²) in [5.74, 6) is 0.186. The molecule has 1 saturated heterocycles. The summed E-state index contributed by atoms with van der Waals surface area (Å²) in [6, 6.07) is -1.60. The van der Waals surface area contributed by atoms with Crippen LogP contribution in [0.2, 0.25) is 0 Å². The molecule has 106 valence electrons. The van der Waals surface area contributed by atoms with Crippen molar-refractivity contribution in [1.29, 1.82) is 0 Å². The van der Waals surface area contributed by atoms with E-state index in [2.05, 4.69) is 0 Å². The molecular formula is C12H20F3NO2. The predicted octanol–water partition coefficient (Wildman–Crippen LogP) is 1.80. The molecule has 1 aliphatic carbocycles. The van der Waals surface area contributed by atoms with Crippen molar-refractivity contribution in [2.24, 2.45) is 5.92 Å². The average molecular weight is 267 g/mol. The summed E-state index contributed by atoms with van der Waals surface area (Å²) in [6.45, 7) is 0.463. The number of aliphatic hydroxyl groups excluding tert-OH is 1. The van der Waals surface area contributed by atoms with Gasteiger partial charge in [0.1, 0.15) is 6.04 Å². The molecule has 0 aromatic heterocycles. The number of rotatable bonds is 5. The van der Waals surface area contributed by atoms with Crippen LogP contribution in [0.25, 0.3) is 0 Å². The first-order chi connectivity index (χ1) is 8.39. The van der Waals surface area contributed by atoms with Crippen molar-refractivity contribution in [2.45, 2.75) is 50.1 Å². The Morgan fingerprint density at radius 1 is 1.33 bits per heavy atom. The van der Waals surface area contributed by atoms with E-state index in [1.54, 1.807) is 0 Å². The largest absolute Gasteiger partial charge is 0.406 e. The highest BCUT2D eigenvalue weighted by atomic mass is 19.4. The Kier molecular flexibility index (Phi) is 4.18. The van der Waals surface area contributed by atoms with E-state index in [-0.39, 0.29) is 12.5 Å². The molecule has 1 aliphatic heterocycles. The number of aliphatic hydroxyl groups is 1. The first-order valence-corrected chi connectivity index (χ1v) is 6.46. The van der Waals surface area contributed by atoms with E-state index in [9.17, 15) is 18.3 Å². The number of alkyl halides is 3. The van der Waals surface area contributed by atoms with Gasteiger partial charge in [0.05, 0.1) is 12.2 Å². The van der Waals surface area contributed by atoms with Crippen LogP contribution < -0.4 is 0 Å². The van der Waals surface area contributed by atoms with E-state index < -0.39 is 24.4 Å². The van der Waals surface area contributed by atoms with Crippen LogP contribution >= 0.6 is 0 Å². The van der Waals surface area contributed by atoms with Crippen molar-refractivity contribution in [3.8, 4) is 0 Å². The molecule has 0 bridgehead atoms. The Morgan fingerprint density at radius 2 is 2.00 bits per heavy atom. The molecule has 18 heavy (non-hydrogen) atoms. The standard InChI is InChI=1S/C12H20F3NO2/c1-16(7-9(17)8-4-5-8)11(12(13,14)15)10-3-2-6-18-10/h8-11,17H,2-7H2,1H3. The second-order valence-corrected chi connectivity index (χ2v) is 5.38. The van der Waals surface area contributed by atoms with Crippen LogP contribution in [-0.2, 0) is 4.74 Å². The molecule has 2 rings (SSSR count). The lowest BCUT2D eigenvalue weighted by atomic mass is 10.1. The van der Waals surface area contributed by atoms with Gasteiger partial charge in [-0.3, -0.25) is 4.90 Å². The fraction of sp³-hybridized carbons (Fsp3) is 1.00. The smallest absolute Gasteiger partial charge is 0.392 e. The predicted molar refractivity (Wildman–Crippen MR) is 60.2 cm³/mol. The van der Waals surface area contributed by atoms with Crippen LogP contribution in [0.4, 0.5) is 13.2 Å². The van der Waals surface area contributed by atoms with Crippen LogP contribution in [0.3, 0.4) is 0 Å². The van der Waals surface area contributed by atoms with Crippen LogP contribution in [0.1, 0.15) is 25.7 Å². The molecule has 1 heterocycles. The molecule has 0 amide bonds. The monoisotopic (exact) mass is 267 g/mol. The van der Waals surface area contributed by atoms with Gasteiger partial charge in [-0.1, -0.05) is 0 Å². The minimum absolute atomic E-state index is 0.0642. The highest BCUT2D eigenvalue weighted by molar-refractivity contribution is 4.90. The molecular weight excluding hydrogens is 247 g/mol. The van der Waals surface area contributed by atoms with Gasteiger partial charge in [-0.15, -0.1) is 0 Å². The van der Waals surface area contributed by atoms with Gasteiger partial charge in [-0.25, -0.2) is 0 Å². The molecule has 0 radical (unpaired) electrons. The van der Waals surface area contributed by atoms with Gasteiger partial charge in [0.2, 0.25) is 0 Å². The summed E-state index contributed by atoms with van der Waals surface area (Å²) < 4.78 is 44.4. The minimum atomic E-state index is -4.31. The zero-order valence-corrected chi connectivity index (χ0v) is 10.5. The van der Waals surface area contributed by atoms with Crippen molar-refractivity contribution < 1.29 is 23.0 Å². The Bertz CT molecular complexity index is 275. The first kappa shape index (κ1) is 14.1. The first-order valence-electron chi connectivity index (χ1n) is 6.46. The summed E-state index contributed by atoms with van der Waals surface area (Å²) in [5, 5.41) is 9.77. The lowest BCUT2D eigenvalue weighted by Crippen LogP contribution is -2.53. The van der Waals surface area contributed by atoms with Crippen molar-refractivity contribution in [2.75, 3.05) is 20.2 Å². The van der Waals surface area contributed by atoms with E-state index in [0.717, 1.165) is 12.8 Å². The number of hydrogen-bond acceptors (Lipinski definition) is 3. The van der Waals surface area contributed by atoms with Gasteiger partial charge in [-0.2, -0.15) is 13.2 Å². The molecule has 3 unspecified atom stereocenters. The molecule has 6 heteroatoms. The number of likely N-dealkylation sites (N-methyl/N-ethyl adjacent to an activating group) is 1. The molecule has 0 aromatic carbocycles. The summed E-state index contributed by atoms with van der Waals surface area (Å²) in [4.78, 5) is 1.21. The SMILES string of the molecule is CN(CC(O)C1CC1)C(C1CCCO1)C(F)(F)F. The topological polar surface area (TPSA) is 32.7 Å². The van der Waals surface area contributed by atoms with Crippen molar-refractivity contribution in [1.82, 2.24) is 4.90 Å². The van der Waals surface area contributed by atoms with Gasteiger partial charge in [0.15, 0.2) is 0 Å². The maximum atomic E-state index is 13.1. The van der Waals surface area contributed by atoms with E-state index >= 15 is 0 Å². The summed E-state index contributed by atoms with van der Waals surface area (Å²) in [7, 11) is 1.42. The molecule has 0 aromatic rings. The van der Waals surface area contributed by atoms with Crippen LogP contribution in [-0.4, -0.2) is 54.6 Å². The van der Waals surface area contributed by atoms with Crippen molar-refractivity contribution in [3.63, 3.8) is 0 Å². The van der Waals surface area contributed by atoms with Gasteiger partial charge in [0, 0.05) is 13.2 Å². The fourth-order valence-corrected chi connectivity index (χ4v) is 2.63. The third-order valence-corrected chi connectivity index (χ3v) is 3.77. The highest BCUT2D eigenvalue weighted by Crippen LogP contribution is 2.35. The molecule has 0 spiro atoms.